The number of nitrogens with zero attached hydrogens (tertiary/aromatic N) is 3. The third kappa shape index (κ3) is 4.43. The second-order valence-corrected chi connectivity index (χ2v) is 8.05. The van der Waals surface area contributed by atoms with Crippen molar-refractivity contribution in [2.45, 2.75) is 25.9 Å². The second-order valence-electron chi connectivity index (χ2n) is 7.21. The zero-order valence-electron chi connectivity index (χ0n) is 17.5. The van der Waals surface area contributed by atoms with Crippen LogP contribution >= 0.6 is 11.8 Å². The molecule has 0 unspecified atom stereocenters. The van der Waals surface area contributed by atoms with E-state index in [4.69, 9.17) is 4.74 Å². The van der Waals surface area contributed by atoms with Gasteiger partial charge in [-0.15, -0.1) is 0 Å². The van der Waals surface area contributed by atoms with Crippen LogP contribution in [0.5, 0.6) is 0 Å². The number of amides is 1. The fraction of sp³-hybridized carbons (Fsp3) is 0.217. The summed E-state index contributed by atoms with van der Waals surface area (Å²) in [5, 5.41) is 5.31. The van der Waals surface area contributed by atoms with Gasteiger partial charge in [0.1, 0.15) is 5.82 Å². The number of carbonyl (C=O) groups is 2. The van der Waals surface area contributed by atoms with Crippen LogP contribution in [-0.4, -0.2) is 34.0 Å². The molecule has 0 saturated carbocycles. The lowest BCUT2D eigenvalue weighted by atomic mass is 9.94. The molecule has 2 aromatic rings. The minimum absolute atomic E-state index is 0.0676. The number of aliphatic imine (C=N–C) groups is 1. The first kappa shape index (κ1) is 21.8. The highest BCUT2D eigenvalue weighted by Gasteiger charge is 2.41. The highest BCUT2D eigenvalue weighted by atomic mass is 32.2. The molecule has 1 amide bonds. The number of esters is 1. The number of hydrogen-bond acceptors (Lipinski definition) is 7. The first-order valence-electron chi connectivity index (χ1n) is 9.92. The Hall–Kier alpha value is -3.46. The van der Waals surface area contributed by atoms with E-state index in [9.17, 15) is 14.0 Å². The van der Waals surface area contributed by atoms with Gasteiger partial charge in [-0.05, 0) is 42.2 Å². The maximum atomic E-state index is 14.1. The van der Waals surface area contributed by atoms with Crippen molar-refractivity contribution in [1.82, 2.24) is 15.2 Å². The molecule has 4 rings (SSSR count). The average Bonchev–Trinajstić information content (AvgIpc) is 3.18. The van der Waals surface area contributed by atoms with E-state index in [0.717, 1.165) is 5.69 Å². The van der Waals surface area contributed by atoms with Crippen molar-refractivity contribution < 1.29 is 18.7 Å². The molecule has 0 radical (unpaired) electrons. The number of aromatic nitrogens is 1. The van der Waals surface area contributed by atoms with Crippen molar-refractivity contribution >= 4 is 28.8 Å². The van der Waals surface area contributed by atoms with Gasteiger partial charge in [-0.1, -0.05) is 30.0 Å². The Labute approximate surface area is 189 Å². The summed E-state index contributed by atoms with van der Waals surface area (Å²) in [5.74, 6) is -1.16. The quantitative estimate of drug-likeness (QED) is 0.674. The van der Waals surface area contributed by atoms with Crippen LogP contribution in [0.25, 0.3) is 0 Å². The molecule has 1 aromatic heterocycles. The van der Waals surface area contributed by atoms with Gasteiger partial charge in [0.15, 0.2) is 5.17 Å². The van der Waals surface area contributed by atoms with Crippen LogP contribution in [0, 0.1) is 5.82 Å². The summed E-state index contributed by atoms with van der Waals surface area (Å²) >= 11 is 1.36. The molecule has 2 aliphatic rings. The van der Waals surface area contributed by atoms with Crippen molar-refractivity contribution in [2.75, 3.05) is 7.11 Å². The van der Waals surface area contributed by atoms with Crippen LogP contribution in [0.2, 0.25) is 0 Å². The SMILES string of the molecule is COC(=O)C1=C(C)N=C2SC=C(CC(=O)NCc3ccccn3)N2[C@@H]1c1cccc(F)c1. The number of hydrogen-bond donors (Lipinski definition) is 1. The minimum atomic E-state index is -0.657. The third-order valence-electron chi connectivity index (χ3n) is 5.10. The summed E-state index contributed by atoms with van der Waals surface area (Å²) < 4.78 is 19.1. The first-order chi connectivity index (χ1) is 15.5. The first-order valence-corrected chi connectivity index (χ1v) is 10.8. The van der Waals surface area contributed by atoms with E-state index in [1.54, 1.807) is 30.2 Å². The maximum Gasteiger partial charge on any atom is 0.338 e. The van der Waals surface area contributed by atoms with Crippen molar-refractivity contribution in [3.8, 4) is 0 Å². The smallest absolute Gasteiger partial charge is 0.338 e. The molecule has 0 aliphatic carbocycles. The topological polar surface area (TPSA) is 83.9 Å². The Kier molecular flexibility index (Phi) is 6.36. The molecule has 2 aliphatic heterocycles. The number of nitrogens with one attached hydrogen (secondary N) is 1. The largest absolute Gasteiger partial charge is 0.466 e. The van der Waals surface area contributed by atoms with Crippen molar-refractivity contribution in [2.24, 2.45) is 4.99 Å². The van der Waals surface area contributed by atoms with Crippen LogP contribution in [0.1, 0.15) is 30.6 Å². The molecule has 1 atom stereocenters. The molecule has 32 heavy (non-hydrogen) atoms. The van der Waals surface area contributed by atoms with Crippen molar-refractivity contribution in [3.63, 3.8) is 0 Å². The predicted molar refractivity (Wildman–Crippen MR) is 120 cm³/mol. The van der Waals surface area contributed by atoms with E-state index in [2.05, 4.69) is 15.3 Å². The summed E-state index contributed by atoms with van der Waals surface area (Å²) in [6, 6.07) is 10.9. The number of halogens is 1. The Morgan fingerprint density at radius 3 is 2.81 bits per heavy atom. The zero-order chi connectivity index (χ0) is 22.7. The number of carbonyl (C=O) groups excluding carboxylic acids is 2. The van der Waals surface area contributed by atoms with Gasteiger partial charge in [-0.2, -0.15) is 0 Å². The van der Waals surface area contributed by atoms with Crippen LogP contribution in [0.4, 0.5) is 4.39 Å². The normalized spacial score (nSPS) is 17.5. The standard InChI is InChI=1S/C23H21FN4O3S/c1-14-20(22(30)31-2)21(15-6-5-7-16(24)10-15)28-18(13-32-23(28)27-14)11-19(29)26-12-17-8-3-4-9-25-17/h3-10,13,21H,11-12H2,1-2H3,(H,26,29)/t21-/m1/s1. The van der Waals surface area contributed by atoms with E-state index in [0.29, 0.717) is 34.2 Å². The second kappa shape index (κ2) is 9.35. The van der Waals surface area contributed by atoms with E-state index in [-0.39, 0.29) is 12.3 Å². The Morgan fingerprint density at radius 1 is 1.25 bits per heavy atom. The molecule has 0 spiro atoms. The van der Waals surface area contributed by atoms with Gasteiger partial charge < -0.3 is 15.0 Å². The van der Waals surface area contributed by atoms with Gasteiger partial charge in [0.2, 0.25) is 5.91 Å². The minimum Gasteiger partial charge on any atom is -0.466 e. The van der Waals surface area contributed by atoms with E-state index < -0.39 is 17.8 Å². The predicted octanol–water partition coefficient (Wildman–Crippen LogP) is 3.68. The fourth-order valence-corrected chi connectivity index (χ4v) is 4.62. The average molecular weight is 453 g/mol. The number of amidine groups is 1. The van der Waals surface area contributed by atoms with Gasteiger partial charge in [0.25, 0.3) is 0 Å². The van der Waals surface area contributed by atoms with Gasteiger partial charge in [-0.3, -0.25) is 9.78 Å². The summed E-state index contributed by atoms with van der Waals surface area (Å²) in [4.78, 5) is 35.8. The van der Waals surface area contributed by atoms with Crippen molar-refractivity contribution in [1.29, 1.82) is 0 Å². The number of allylic oxidation sites excluding steroid dienone is 1. The molecular formula is C23H21FN4O3S. The molecule has 1 N–H and O–H groups in total. The van der Waals surface area contributed by atoms with Crippen LogP contribution in [0.15, 0.2) is 76.0 Å². The summed E-state index contributed by atoms with van der Waals surface area (Å²) in [5.41, 5.74) is 2.79. The Bertz CT molecular complexity index is 1150. The number of fused-ring (bicyclic) bond motifs is 1. The molecular weight excluding hydrogens is 431 g/mol. The number of thioether (sulfide) groups is 1. The monoisotopic (exact) mass is 452 g/mol. The number of benzene rings is 1. The van der Waals surface area contributed by atoms with Crippen LogP contribution in [-0.2, 0) is 20.9 Å². The molecule has 3 heterocycles. The van der Waals surface area contributed by atoms with Gasteiger partial charge in [0.05, 0.1) is 43.1 Å². The van der Waals surface area contributed by atoms with E-state index >= 15 is 0 Å². The molecule has 0 fully saturated rings. The lowest BCUT2D eigenvalue weighted by Gasteiger charge is -2.36. The summed E-state index contributed by atoms with van der Waals surface area (Å²) in [6.07, 6.45) is 1.73. The molecule has 0 saturated heterocycles. The lowest BCUT2D eigenvalue weighted by Crippen LogP contribution is -2.38. The number of pyridine rings is 1. The third-order valence-corrected chi connectivity index (χ3v) is 5.99. The van der Waals surface area contributed by atoms with E-state index in [1.807, 2.05) is 23.6 Å². The number of methoxy groups -OCH3 is 1. The fourth-order valence-electron chi connectivity index (χ4n) is 3.65. The highest BCUT2D eigenvalue weighted by Crippen LogP contribution is 2.44. The molecule has 0 bridgehead atoms. The molecule has 164 valence electrons. The van der Waals surface area contributed by atoms with Gasteiger partial charge >= 0.3 is 5.97 Å². The molecule has 9 heteroatoms. The molecule has 1 aromatic carbocycles. The van der Waals surface area contributed by atoms with Crippen LogP contribution < -0.4 is 5.32 Å². The highest BCUT2D eigenvalue weighted by molar-refractivity contribution is 8.16. The van der Waals surface area contributed by atoms with Crippen molar-refractivity contribution in [3.05, 3.63) is 88.1 Å². The lowest BCUT2D eigenvalue weighted by molar-refractivity contribution is -0.136. The maximum absolute atomic E-state index is 14.1. The van der Waals surface area contributed by atoms with Crippen LogP contribution in [0.3, 0.4) is 0 Å². The Morgan fingerprint density at radius 2 is 2.09 bits per heavy atom. The summed E-state index contributed by atoms with van der Waals surface area (Å²) in [7, 11) is 1.30. The number of rotatable bonds is 6. The van der Waals surface area contributed by atoms with E-state index in [1.165, 1.54) is 31.0 Å². The summed E-state index contributed by atoms with van der Waals surface area (Å²) in [6.45, 7) is 2.03. The molecule has 7 nitrogen and oxygen atoms in total. The number of ether oxygens (including phenoxy) is 1. The van der Waals surface area contributed by atoms with Gasteiger partial charge in [-0.25, -0.2) is 14.2 Å². The Balaban J connectivity index is 1.61. The van der Waals surface area contributed by atoms with Gasteiger partial charge in [0, 0.05) is 11.9 Å². The zero-order valence-corrected chi connectivity index (χ0v) is 18.4.